The molecule has 0 saturated heterocycles. The van der Waals surface area contributed by atoms with Crippen LogP contribution in [0.15, 0.2) is 48.5 Å². The van der Waals surface area contributed by atoms with Gasteiger partial charge in [-0.3, -0.25) is 14.5 Å². The van der Waals surface area contributed by atoms with Gasteiger partial charge < -0.3 is 10.6 Å². The zero-order valence-electron chi connectivity index (χ0n) is 14.7. The van der Waals surface area contributed by atoms with Crippen LogP contribution < -0.4 is 10.6 Å². The standard InChI is InChI=1S/C20H22FN3O2/c1-14(25)22-16-6-8-17(9-7-16)23-20(26)13-24(18-10-11-18)12-15-4-2-3-5-19(15)21/h2-9,18H,10-13H2,1H3,(H,22,25)(H,23,26). The van der Waals surface area contributed by atoms with Gasteiger partial charge in [0, 0.05) is 36.4 Å². The van der Waals surface area contributed by atoms with Gasteiger partial charge in [-0.15, -0.1) is 0 Å². The molecule has 5 nitrogen and oxygen atoms in total. The minimum absolute atomic E-state index is 0.138. The summed E-state index contributed by atoms with van der Waals surface area (Å²) in [5.74, 6) is -0.525. The molecule has 0 atom stereocenters. The molecule has 0 bridgehead atoms. The molecular weight excluding hydrogens is 333 g/mol. The second-order valence-electron chi connectivity index (χ2n) is 6.53. The fourth-order valence-corrected chi connectivity index (χ4v) is 2.82. The van der Waals surface area contributed by atoms with Gasteiger partial charge in [-0.1, -0.05) is 18.2 Å². The zero-order chi connectivity index (χ0) is 18.5. The average molecular weight is 355 g/mol. The first kappa shape index (κ1) is 18.1. The first-order chi connectivity index (χ1) is 12.5. The van der Waals surface area contributed by atoms with Crippen LogP contribution in [-0.4, -0.2) is 29.3 Å². The normalized spacial score (nSPS) is 13.5. The summed E-state index contributed by atoms with van der Waals surface area (Å²) in [6.45, 7) is 2.08. The maximum absolute atomic E-state index is 13.9. The Kier molecular flexibility index (Phi) is 5.63. The topological polar surface area (TPSA) is 61.4 Å². The lowest BCUT2D eigenvalue weighted by molar-refractivity contribution is -0.117. The maximum Gasteiger partial charge on any atom is 0.238 e. The summed E-state index contributed by atoms with van der Waals surface area (Å²) in [5.41, 5.74) is 1.94. The number of rotatable bonds is 7. The van der Waals surface area contributed by atoms with E-state index in [0.29, 0.717) is 29.5 Å². The highest BCUT2D eigenvalue weighted by Gasteiger charge is 2.30. The summed E-state index contributed by atoms with van der Waals surface area (Å²) in [7, 11) is 0. The number of nitrogens with one attached hydrogen (secondary N) is 2. The first-order valence-electron chi connectivity index (χ1n) is 8.66. The van der Waals surface area contributed by atoms with Gasteiger partial charge in [0.2, 0.25) is 11.8 Å². The highest BCUT2D eigenvalue weighted by Crippen LogP contribution is 2.28. The summed E-state index contributed by atoms with van der Waals surface area (Å²) in [4.78, 5) is 25.4. The van der Waals surface area contributed by atoms with Crippen LogP contribution in [0.5, 0.6) is 0 Å². The summed E-state index contributed by atoms with van der Waals surface area (Å²) >= 11 is 0. The van der Waals surface area contributed by atoms with E-state index in [-0.39, 0.29) is 24.2 Å². The van der Waals surface area contributed by atoms with E-state index in [1.54, 1.807) is 42.5 Å². The molecule has 26 heavy (non-hydrogen) atoms. The van der Waals surface area contributed by atoms with Gasteiger partial charge in [-0.05, 0) is 43.2 Å². The van der Waals surface area contributed by atoms with Crippen molar-refractivity contribution < 1.29 is 14.0 Å². The molecule has 1 aliphatic carbocycles. The summed E-state index contributed by atoms with van der Waals surface area (Å²) in [5, 5.41) is 5.53. The van der Waals surface area contributed by atoms with Crippen LogP contribution in [0.4, 0.5) is 15.8 Å². The van der Waals surface area contributed by atoms with Crippen LogP contribution in [0.3, 0.4) is 0 Å². The molecule has 1 saturated carbocycles. The highest BCUT2D eigenvalue weighted by atomic mass is 19.1. The van der Waals surface area contributed by atoms with Gasteiger partial charge in [0.05, 0.1) is 6.54 Å². The Hall–Kier alpha value is -2.73. The molecule has 2 N–H and O–H groups in total. The van der Waals surface area contributed by atoms with E-state index in [9.17, 15) is 14.0 Å². The van der Waals surface area contributed by atoms with Crippen molar-refractivity contribution in [1.82, 2.24) is 4.90 Å². The molecule has 0 aromatic heterocycles. The molecule has 3 rings (SSSR count). The van der Waals surface area contributed by atoms with Gasteiger partial charge in [-0.2, -0.15) is 0 Å². The number of amides is 2. The quantitative estimate of drug-likeness (QED) is 0.800. The summed E-state index contributed by atoms with van der Waals surface area (Å²) in [6.07, 6.45) is 2.07. The number of halogens is 1. The predicted octanol–water partition coefficient (Wildman–Crippen LogP) is 3.39. The van der Waals surface area contributed by atoms with Gasteiger partial charge in [0.25, 0.3) is 0 Å². The Morgan fingerprint density at radius 3 is 2.23 bits per heavy atom. The Balaban J connectivity index is 1.58. The molecular formula is C20H22FN3O2. The number of anilines is 2. The SMILES string of the molecule is CC(=O)Nc1ccc(NC(=O)CN(Cc2ccccc2F)C2CC2)cc1. The van der Waals surface area contributed by atoms with Crippen LogP contribution in [0.25, 0.3) is 0 Å². The first-order valence-corrected chi connectivity index (χ1v) is 8.66. The van der Waals surface area contributed by atoms with Gasteiger partial charge in [-0.25, -0.2) is 4.39 Å². The fraction of sp³-hybridized carbons (Fsp3) is 0.300. The lowest BCUT2D eigenvalue weighted by Gasteiger charge is -2.21. The molecule has 0 spiro atoms. The third kappa shape index (κ3) is 5.13. The van der Waals surface area contributed by atoms with Crippen molar-refractivity contribution in [2.75, 3.05) is 17.2 Å². The van der Waals surface area contributed by atoms with Gasteiger partial charge >= 0.3 is 0 Å². The van der Waals surface area contributed by atoms with Gasteiger partial charge in [0.15, 0.2) is 0 Å². The van der Waals surface area contributed by atoms with E-state index >= 15 is 0 Å². The van der Waals surface area contributed by atoms with E-state index in [4.69, 9.17) is 0 Å². The van der Waals surface area contributed by atoms with Crippen molar-refractivity contribution in [3.8, 4) is 0 Å². The molecule has 2 aromatic carbocycles. The molecule has 2 amide bonds. The van der Waals surface area contributed by atoms with Gasteiger partial charge in [0.1, 0.15) is 5.82 Å². The number of benzene rings is 2. The third-order valence-electron chi connectivity index (χ3n) is 4.23. The zero-order valence-corrected chi connectivity index (χ0v) is 14.7. The lowest BCUT2D eigenvalue weighted by atomic mass is 10.2. The van der Waals surface area contributed by atoms with Crippen molar-refractivity contribution >= 4 is 23.2 Å². The number of hydrogen-bond donors (Lipinski definition) is 2. The van der Waals surface area contributed by atoms with E-state index in [0.717, 1.165) is 12.8 Å². The molecule has 136 valence electrons. The van der Waals surface area contributed by atoms with E-state index < -0.39 is 0 Å². The van der Waals surface area contributed by atoms with Crippen LogP contribution in [0, 0.1) is 5.82 Å². The molecule has 0 radical (unpaired) electrons. The molecule has 2 aromatic rings. The Morgan fingerprint density at radius 1 is 1.04 bits per heavy atom. The van der Waals surface area contributed by atoms with Crippen molar-refractivity contribution in [1.29, 1.82) is 0 Å². The number of carbonyl (C=O) groups excluding carboxylic acids is 2. The minimum atomic E-state index is -0.243. The predicted molar refractivity (Wildman–Crippen MR) is 99.2 cm³/mol. The molecule has 0 unspecified atom stereocenters. The van der Waals surface area contributed by atoms with E-state index in [1.807, 2.05) is 4.90 Å². The van der Waals surface area contributed by atoms with Crippen molar-refractivity contribution in [3.63, 3.8) is 0 Å². The number of carbonyl (C=O) groups is 2. The van der Waals surface area contributed by atoms with E-state index in [1.165, 1.54) is 13.0 Å². The second kappa shape index (κ2) is 8.10. The van der Waals surface area contributed by atoms with Crippen LogP contribution in [0.2, 0.25) is 0 Å². The Morgan fingerprint density at radius 2 is 1.65 bits per heavy atom. The molecule has 1 fully saturated rings. The lowest BCUT2D eigenvalue weighted by Crippen LogP contribution is -2.34. The second-order valence-corrected chi connectivity index (χ2v) is 6.53. The monoisotopic (exact) mass is 355 g/mol. The van der Waals surface area contributed by atoms with E-state index in [2.05, 4.69) is 10.6 Å². The smallest absolute Gasteiger partial charge is 0.238 e. The summed E-state index contributed by atoms with van der Waals surface area (Å²) < 4.78 is 13.9. The molecule has 6 heteroatoms. The molecule has 1 aliphatic rings. The van der Waals surface area contributed by atoms with Crippen molar-refractivity contribution in [2.45, 2.75) is 32.4 Å². The third-order valence-corrected chi connectivity index (χ3v) is 4.23. The minimum Gasteiger partial charge on any atom is -0.326 e. The average Bonchev–Trinajstić information content (AvgIpc) is 3.42. The Bertz CT molecular complexity index is 788. The van der Waals surface area contributed by atoms with Crippen LogP contribution in [-0.2, 0) is 16.1 Å². The largest absolute Gasteiger partial charge is 0.326 e. The number of nitrogens with zero attached hydrogens (tertiary/aromatic N) is 1. The maximum atomic E-state index is 13.9. The molecule has 0 aliphatic heterocycles. The molecule has 0 heterocycles. The number of hydrogen-bond acceptors (Lipinski definition) is 3. The van der Waals surface area contributed by atoms with Crippen molar-refractivity contribution in [3.05, 3.63) is 59.9 Å². The Labute approximate surface area is 152 Å². The van der Waals surface area contributed by atoms with Crippen LogP contribution >= 0.6 is 0 Å². The fourth-order valence-electron chi connectivity index (χ4n) is 2.82. The summed E-state index contributed by atoms with van der Waals surface area (Å²) in [6, 6.07) is 13.9. The van der Waals surface area contributed by atoms with Crippen LogP contribution in [0.1, 0.15) is 25.3 Å². The van der Waals surface area contributed by atoms with Crippen molar-refractivity contribution in [2.24, 2.45) is 0 Å². The highest BCUT2D eigenvalue weighted by molar-refractivity contribution is 5.93.